The third-order valence-electron chi connectivity index (χ3n) is 6.09. The molecule has 0 bridgehead atoms. The molecule has 37 heavy (non-hydrogen) atoms. The Morgan fingerprint density at radius 1 is 1.14 bits per heavy atom. The van der Waals surface area contributed by atoms with E-state index in [-0.39, 0.29) is 24.5 Å². The molecule has 1 aromatic heterocycles. The second-order valence-corrected chi connectivity index (χ2v) is 10.0. The molecule has 0 saturated carbocycles. The number of nitrogens with one attached hydrogen (secondary N) is 1. The molecule has 1 atom stereocenters. The number of amides is 2. The summed E-state index contributed by atoms with van der Waals surface area (Å²) in [6.45, 7) is 5.28. The summed E-state index contributed by atoms with van der Waals surface area (Å²) in [6.07, 6.45) is 5.49. The SMILES string of the molecule is Cc1ccc(CNC(=O)/C=C/C2Cc3cc(-c4ccc(C(=O)N(C)CC(C)(C)F)cc4)ccc3O2)cn1. The molecule has 1 unspecified atom stereocenters. The number of hydrogen-bond donors (Lipinski definition) is 1. The molecule has 0 fully saturated rings. The van der Waals surface area contributed by atoms with Crippen molar-refractivity contribution in [2.45, 2.75) is 45.5 Å². The second-order valence-electron chi connectivity index (χ2n) is 10.0. The number of rotatable bonds is 8. The number of nitrogens with zero attached hydrogens (tertiary/aromatic N) is 2. The van der Waals surface area contributed by atoms with E-state index in [1.165, 1.54) is 24.8 Å². The fraction of sp³-hybridized carbons (Fsp3) is 0.300. The van der Waals surface area contributed by atoms with Gasteiger partial charge < -0.3 is 15.0 Å². The number of carbonyl (C=O) groups is 2. The topological polar surface area (TPSA) is 71.5 Å². The Hall–Kier alpha value is -4.00. The average molecular weight is 502 g/mol. The Bertz CT molecular complexity index is 1300. The molecule has 1 aliphatic heterocycles. The lowest BCUT2D eigenvalue weighted by Crippen LogP contribution is -2.37. The Labute approximate surface area is 217 Å². The minimum Gasteiger partial charge on any atom is -0.486 e. The lowest BCUT2D eigenvalue weighted by atomic mass is 9.99. The fourth-order valence-electron chi connectivity index (χ4n) is 4.27. The second kappa shape index (κ2) is 10.9. The number of fused-ring (bicyclic) bond motifs is 1. The Morgan fingerprint density at radius 2 is 1.86 bits per heavy atom. The van der Waals surface area contributed by atoms with Crippen LogP contribution in [-0.2, 0) is 17.8 Å². The van der Waals surface area contributed by atoms with E-state index >= 15 is 0 Å². The standard InChI is InChI=1S/C30H32FN3O3/c1-20-5-6-21(17-32-20)18-33-28(35)14-12-26-16-25-15-24(11-13-27(25)37-26)22-7-9-23(10-8-22)29(36)34(4)19-30(2,3)31/h5-15,17,26H,16,18-19H2,1-4H3,(H,33,35)/b14-12+. The van der Waals surface area contributed by atoms with Crippen LogP contribution in [-0.4, -0.2) is 47.1 Å². The molecule has 1 aliphatic rings. The van der Waals surface area contributed by atoms with Gasteiger partial charge in [-0.1, -0.05) is 24.3 Å². The van der Waals surface area contributed by atoms with Gasteiger partial charge in [0.05, 0.1) is 6.54 Å². The summed E-state index contributed by atoms with van der Waals surface area (Å²) in [7, 11) is 1.61. The number of aryl methyl sites for hydroxylation is 1. The van der Waals surface area contributed by atoms with Gasteiger partial charge in [-0.15, -0.1) is 0 Å². The molecule has 192 valence electrons. The normalized spacial score (nSPS) is 14.8. The Kier molecular flexibility index (Phi) is 7.71. The van der Waals surface area contributed by atoms with Crippen molar-refractivity contribution in [1.29, 1.82) is 0 Å². The number of carbonyl (C=O) groups excluding carboxylic acids is 2. The largest absolute Gasteiger partial charge is 0.486 e. The van der Waals surface area contributed by atoms with Crippen LogP contribution in [0.3, 0.4) is 0 Å². The van der Waals surface area contributed by atoms with Gasteiger partial charge in [0.15, 0.2) is 0 Å². The molecule has 1 N–H and O–H groups in total. The van der Waals surface area contributed by atoms with Crippen LogP contribution in [0.2, 0.25) is 0 Å². The number of hydrogen-bond acceptors (Lipinski definition) is 4. The molecule has 4 rings (SSSR count). The number of aromatic nitrogens is 1. The lowest BCUT2D eigenvalue weighted by molar-refractivity contribution is -0.116. The van der Waals surface area contributed by atoms with E-state index in [4.69, 9.17) is 4.74 Å². The summed E-state index contributed by atoms with van der Waals surface area (Å²) < 4.78 is 19.9. The zero-order valence-corrected chi connectivity index (χ0v) is 21.6. The summed E-state index contributed by atoms with van der Waals surface area (Å²) in [4.78, 5) is 30.4. The Balaban J connectivity index is 1.34. The molecule has 0 aliphatic carbocycles. The summed E-state index contributed by atoms with van der Waals surface area (Å²) >= 11 is 0. The number of benzene rings is 2. The molecule has 0 radical (unpaired) electrons. The van der Waals surface area contributed by atoms with E-state index < -0.39 is 5.67 Å². The van der Waals surface area contributed by atoms with Gasteiger partial charge in [-0.2, -0.15) is 0 Å². The van der Waals surface area contributed by atoms with Gasteiger partial charge in [-0.3, -0.25) is 14.6 Å². The molecule has 7 heteroatoms. The molecule has 2 aromatic carbocycles. The predicted molar refractivity (Wildman–Crippen MR) is 142 cm³/mol. The monoisotopic (exact) mass is 501 g/mol. The van der Waals surface area contributed by atoms with Gasteiger partial charge in [0.2, 0.25) is 5.91 Å². The minimum atomic E-state index is -1.45. The van der Waals surface area contributed by atoms with Gasteiger partial charge in [0, 0.05) is 43.5 Å². The number of alkyl halides is 1. The van der Waals surface area contributed by atoms with E-state index in [9.17, 15) is 14.0 Å². The number of halogens is 1. The summed E-state index contributed by atoms with van der Waals surface area (Å²) in [5, 5.41) is 2.86. The molecular weight excluding hydrogens is 469 g/mol. The first kappa shape index (κ1) is 26.1. The van der Waals surface area contributed by atoms with Gasteiger partial charge >= 0.3 is 0 Å². The van der Waals surface area contributed by atoms with Crippen molar-refractivity contribution in [3.05, 3.63) is 95.3 Å². The molecular formula is C30H32FN3O3. The first-order valence-corrected chi connectivity index (χ1v) is 12.3. The highest BCUT2D eigenvalue weighted by molar-refractivity contribution is 5.94. The quantitative estimate of drug-likeness (QED) is 0.439. The van der Waals surface area contributed by atoms with Crippen LogP contribution in [0.5, 0.6) is 5.75 Å². The Morgan fingerprint density at radius 3 is 2.54 bits per heavy atom. The van der Waals surface area contributed by atoms with Crippen molar-refractivity contribution in [3.8, 4) is 16.9 Å². The van der Waals surface area contributed by atoms with Crippen LogP contribution in [0.15, 0.2) is 72.9 Å². The van der Waals surface area contributed by atoms with Crippen molar-refractivity contribution in [2.75, 3.05) is 13.6 Å². The molecule has 0 spiro atoms. The highest BCUT2D eigenvalue weighted by Gasteiger charge is 2.23. The van der Waals surface area contributed by atoms with Gasteiger partial charge in [0.1, 0.15) is 17.5 Å². The first-order chi connectivity index (χ1) is 17.6. The zero-order valence-electron chi connectivity index (χ0n) is 21.6. The molecule has 6 nitrogen and oxygen atoms in total. The highest BCUT2D eigenvalue weighted by atomic mass is 19.1. The van der Waals surface area contributed by atoms with E-state index in [1.807, 2.05) is 43.3 Å². The third-order valence-corrected chi connectivity index (χ3v) is 6.09. The molecule has 0 saturated heterocycles. The fourth-order valence-corrected chi connectivity index (χ4v) is 4.27. The van der Waals surface area contributed by atoms with Gasteiger partial charge in [-0.25, -0.2) is 4.39 Å². The maximum absolute atomic E-state index is 13.9. The maximum Gasteiger partial charge on any atom is 0.253 e. The molecule has 3 aromatic rings. The van der Waals surface area contributed by atoms with Crippen LogP contribution < -0.4 is 10.1 Å². The average Bonchev–Trinajstić information content (AvgIpc) is 3.28. The van der Waals surface area contributed by atoms with Crippen LogP contribution >= 0.6 is 0 Å². The molecule has 2 heterocycles. The first-order valence-electron chi connectivity index (χ1n) is 12.3. The van der Waals surface area contributed by atoms with Crippen LogP contribution in [0.25, 0.3) is 11.1 Å². The summed E-state index contributed by atoms with van der Waals surface area (Å²) in [5.74, 6) is 0.400. The number of ether oxygens (including phenoxy) is 1. The highest BCUT2D eigenvalue weighted by Crippen LogP contribution is 2.33. The third kappa shape index (κ3) is 7.03. The molecule has 2 amide bonds. The predicted octanol–water partition coefficient (Wildman–Crippen LogP) is 5.05. The van der Waals surface area contributed by atoms with E-state index in [0.29, 0.717) is 18.5 Å². The van der Waals surface area contributed by atoms with Crippen LogP contribution in [0, 0.1) is 6.92 Å². The smallest absolute Gasteiger partial charge is 0.253 e. The lowest BCUT2D eigenvalue weighted by Gasteiger charge is -2.23. The van der Waals surface area contributed by atoms with Crippen molar-refractivity contribution in [1.82, 2.24) is 15.2 Å². The summed E-state index contributed by atoms with van der Waals surface area (Å²) in [6, 6.07) is 17.1. The number of pyridine rings is 1. The summed E-state index contributed by atoms with van der Waals surface area (Å²) in [5.41, 5.74) is 3.98. The van der Waals surface area contributed by atoms with Crippen LogP contribution in [0.4, 0.5) is 4.39 Å². The van der Waals surface area contributed by atoms with E-state index in [2.05, 4.69) is 16.4 Å². The zero-order chi connectivity index (χ0) is 26.6. The van der Waals surface area contributed by atoms with E-state index in [0.717, 1.165) is 33.7 Å². The minimum absolute atomic E-state index is 0.0277. The van der Waals surface area contributed by atoms with Gasteiger partial charge in [0.25, 0.3) is 5.91 Å². The van der Waals surface area contributed by atoms with Crippen molar-refractivity contribution in [2.24, 2.45) is 0 Å². The van der Waals surface area contributed by atoms with E-state index in [1.54, 1.807) is 31.5 Å². The van der Waals surface area contributed by atoms with Crippen molar-refractivity contribution in [3.63, 3.8) is 0 Å². The van der Waals surface area contributed by atoms with Crippen molar-refractivity contribution >= 4 is 11.8 Å². The van der Waals surface area contributed by atoms with Gasteiger partial charge in [-0.05, 0) is 79.4 Å². The van der Waals surface area contributed by atoms with Crippen LogP contribution in [0.1, 0.15) is 41.0 Å². The van der Waals surface area contributed by atoms with Crippen molar-refractivity contribution < 1.29 is 18.7 Å². The maximum atomic E-state index is 13.9.